The number of likely N-dealkylation sites (N-methyl/N-ethyl adjacent to an activating group) is 1. The fraction of sp³-hybridized carbons (Fsp3) is 0.308. The average molecular weight is 286 g/mol. The van der Waals surface area contributed by atoms with Gasteiger partial charge < -0.3 is 5.32 Å². The highest BCUT2D eigenvalue weighted by atomic mass is 32.1. The summed E-state index contributed by atoms with van der Waals surface area (Å²) in [7, 11) is 1.80. The summed E-state index contributed by atoms with van der Waals surface area (Å²) in [5.74, 6) is 0. The van der Waals surface area contributed by atoms with Crippen molar-refractivity contribution in [3.63, 3.8) is 0 Å². The Kier molecular flexibility index (Phi) is 4.21. The highest BCUT2D eigenvalue weighted by Gasteiger charge is 2.30. The third-order valence-electron chi connectivity index (χ3n) is 2.88. The van der Waals surface area contributed by atoms with E-state index in [0.29, 0.717) is 6.42 Å². The molecule has 0 saturated heterocycles. The highest BCUT2D eigenvalue weighted by molar-refractivity contribution is 7.09. The second kappa shape index (κ2) is 5.71. The number of thiazole rings is 1. The number of hydrogen-bond donors (Lipinski definition) is 1. The summed E-state index contributed by atoms with van der Waals surface area (Å²) in [4.78, 5) is 5.09. The Morgan fingerprint density at radius 2 is 1.95 bits per heavy atom. The molecular formula is C13H13F3N2S. The van der Waals surface area contributed by atoms with Crippen LogP contribution in [0.2, 0.25) is 0 Å². The molecule has 0 amide bonds. The third-order valence-corrected chi connectivity index (χ3v) is 3.68. The van der Waals surface area contributed by atoms with Gasteiger partial charge in [0, 0.05) is 23.5 Å². The average Bonchev–Trinajstić information content (AvgIpc) is 2.88. The fourth-order valence-corrected chi connectivity index (χ4v) is 2.48. The summed E-state index contributed by atoms with van der Waals surface area (Å²) in [5.41, 5.74) is 1.96. The molecule has 2 aromatic rings. The van der Waals surface area contributed by atoms with E-state index in [0.717, 1.165) is 22.6 Å². The predicted molar refractivity (Wildman–Crippen MR) is 69.1 cm³/mol. The van der Waals surface area contributed by atoms with Crippen molar-refractivity contribution >= 4 is 11.3 Å². The maximum Gasteiger partial charge on any atom is 0.416 e. The molecule has 0 aliphatic rings. The van der Waals surface area contributed by atoms with Crippen LogP contribution in [0.4, 0.5) is 13.2 Å². The quantitative estimate of drug-likeness (QED) is 0.927. The van der Waals surface area contributed by atoms with E-state index in [-0.39, 0.29) is 6.04 Å². The lowest BCUT2D eigenvalue weighted by molar-refractivity contribution is -0.137. The molecular weight excluding hydrogens is 273 g/mol. The van der Waals surface area contributed by atoms with Crippen molar-refractivity contribution in [2.45, 2.75) is 18.6 Å². The van der Waals surface area contributed by atoms with Crippen LogP contribution in [0, 0.1) is 0 Å². The van der Waals surface area contributed by atoms with Crippen LogP contribution in [0.5, 0.6) is 0 Å². The molecule has 1 aromatic carbocycles. The molecule has 1 heterocycles. The first-order valence-electron chi connectivity index (χ1n) is 5.72. The number of halogens is 3. The molecule has 1 N–H and O–H groups in total. The molecule has 1 atom stereocenters. The topological polar surface area (TPSA) is 24.9 Å². The molecule has 6 heteroatoms. The van der Waals surface area contributed by atoms with E-state index in [9.17, 15) is 13.2 Å². The smallest absolute Gasteiger partial charge is 0.313 e. The van der Waals surface area contributed by atoms with Gasteiger partial charge in [0.15, 0.2) is 0 Å². The Morgan fingerprint density at radius 1 is 1.26 bits per heavy atom. The zero-order valence-corrected chi connectivity index (χ0v) is 11.1. The molecule has 0 fully saturated rings. The van der Waals surface area contributed by atoms with Gasteiger partial charge in [0.1, 0.15) is 0 Å². The molecule has 0 saturated carbocycles. The summed E-state index contributed by atoms with van der Waals surface area (Å²) >= 11 is 1.54. The van der Waals surface area contributed by atoms with Crippen molar-refractivity contribution < 1.29 is 13.2 Å². The first-order chi connectivity index (χ1) is 9.00. The van der Waals surface area contributed by atoms with E-state index in [1.807, 2.05) is 0 Å². The highest BCUT2D eigenvalue weighted by Crippen LogP contribution is 2.30. The number of nitrogens with zero attached hydrogens (tertiary/aromatic N) is 1. The number of rotatable bonds is 4. The summed E-state index contributed by atoms with van der Waals surface area (Å²) < 4.78 is 37.5. The van der Waals surface area contributed by atoms with E-state index < -0.39 is 11.7 Å². The number of hydrogen-bond acceptors (Lipinski definition) is 3. The van der Waals surface area contributed by atoms with Crippen LogP contribution >= 0.6 is 11.3 Å². The lowest BCUT2D eigenvalue weighted by atomic mass is 10.0. The molecule has 1 unspecified atom stereocenters. The second-order valence-electron chi connectivity index (χ2n) is 4.13. The number of aromatic nitrogens is 1. The van der Waals surface area contributed by atoms with Gasteiger partial charge in [0.05, 0.1) is 11.1 Å². The van der Waals surface area contributed by atoms with Crippen LogP contribution in [-0.4, -0.2) is 12.0 Å². The van der Waals surface area contributed by atoms with Crippen LogP contribution in [-0.2, 0) is 12.6 Å². The van der Waals surface area contributed by atoms with E-state index in [2.05, 4.69) is 10.3 Å². The van der Waals surface area contributed by atoms with Crippen molar-refractivity contribution in [1.82, 2.24) is 10.3 Å². The second-order valence-corrected chi connectivity index (χ2v) is 5.10. The normalized spacial score (nSPS) is 13.5. The monoisotopic (exact) mass is 286 g/mol. The van der Waals surface area contributed by atoms with Gasteiger partial charge in [-0.05, 0) is 24.7 Å². The standard InChI is InChI=1S/C13H13F3N2S/c1-17-12(6-11-7-18-8-19-11)9-2-4-10(5-3-9)13(14,15)16/h2-5,7-8,12,17H,6H2,1H3. The number of benzene rings is 1. The summed E-state index contributed by atoms with van der Waals surface area (Å²) in [6, 6.07) is 5.26. The van der Waals surface area contributed by atoms with Crippen LogP contribution < -0.4 is 5.32 Å². The summed E-state index contributed by atoms with van der Waals surface area (Å²) in [6.07, 6.45) is -1.79. The molecule has 0 spiro atoms. The first kappa shape index (κ1) is 14.0. The molecule has 0 bridgehead atoms. The van der Waals surface area contributed by atoms with E-state index in [1.54, 1.807) is 18.8 Å². The van der Waals surface area contributed by atoms with Crippen molar-refractivity contribution in [1.29, 1.82) is 0 Å². The van der Waals surface area contributed by atoms with Crippen molar-refractivity contribution in [2.75, 3.05) is 7.05 Å². The van der Waals surface area contributed by atoms with Crippen molar-refractivity contribution in [3.05, 3.63) is 52.0 Å². The zero-order valence-electron chi connectivity index (χ0n) is 10.2. The lowest BCUT2D eigenvalue weighted by Gasteiger charge is -2.16. The van der Waals surface area contributed by atoms with Crippen LogP contribution in [0.3, 0.4) is 0 Å². The molecule has 19 heavy (non-hydrogen) atoms. The van der Waals surface area contributed by atoms with Gasteiger partial charge in [-0.2, -0.15) is 13.2 Å². The predicted octanol–water partition coefficient (Wildman–Crippen LogP) is 3.67. The Hall–Kier alpha value is -1.40. The van der Waals surface area contributed by atoms with Gasteiger partial charge in [-0.3, -0.25) is 4.98 Å². The fourth-order valence-electron chi connectivity index (χ4n) is 1.84. The third kappa shape index (κ3) is 3.54. The molecule has 1 aromatic heterocycles. The summed E-state index contributed by atoms with van der Waals surface area (Å²) in [6.45, 7) is 0. The SMILES string of the molecule is CNC(Cc1cncs1)c1ccc(C(F)(F)F)cc1. The Balaban J connectivity index is 2.15. The van der Waals surface area contributed by atoms with Crippen LogP contribution in [0.25, 0.3) is 0 Å². The first-order valence-corrected chi connectivity index (χ1v) is 6.60. The van der Waals surface area contributed by atoms with Crippen LogP contribution in [0.1, 0.15) is 22.0 Å². The molecule has 0 aliphatic carbocycles. The Labute approximate surface area is 113 Å². The maximum absolute atomic E-state index is 12.5. The van der Waals surface area contributed by atoms with Gasteiger partial charge >= 0.3 is 6.18 Å². The zero-order chi connectivity index (χ0) is 13.9. The van der Waals surface area contributed by atoms with Gasteiger partial charge in [0.25, 0.3) is 0 Å². The Morgan fingerprint density at radius 3 is 2.42 bits per heavy atom. The summed E-state index contributed by atoms with van der Waals surface area (Å²) in [5, 5.41) is 3.11. The van der Waals surface area contributed by atoms with Crippen LogP contribution in [0.15, 0.2) is 36.0 Å². The minimum absolute atomic E-state index is 0.0114. The molecule has 2 nitrogen and oxygen atoms in total. The van der Waals surface area contributed by atoms with Gasteiger partial charge in [-0.15, -0.1) is 11.3 Å². The minimum Gasteiger partial charge on any atom is -0.313 e. The molecule has 102 valence electrons. The molecule has 2 rings (SSSR count). The Bertz CT molecular complexity index is 506. The van der Waals surface area contributed by atoms with Gasteiger partial charge in [0.2, 0.25) is 0 Å². The van der Waals surface area contributed by atoms with E-state index in [1.165, 1.54) is 23.5 Å². The molecule has 0 radical (unpaired) electrons. The lowest BCUT2D eigenvalue weighted by Crippen LogP contribution is -2.18. The number of alkyl halides is 3. The maximum atomic E-state index is 12.5. The van der Waals surface area contributed by atoms with Gasteiger partial charge in [-0.1, -0.05) is 12.1 Å². The van der Waals surface area contributed by atoms with Crippen molar-refractivity contribution in [2.24, 2.45) is 0 Å². The minimum atomic E-state index is -4.29. The van der Waals surface area contributed by atoms with E-state index in [4.69, 9.17) is 0 Å². The van der Waals surface area contributed by atoms with Crippen molar-refractivity contribution in [3.8, 4) is 0 Å². The van der Waals surface area contributed by atoms with Gasteiger partial charge in [-0.25, -0.2) is 0 Å². The number of nitrogens with one attached hydrogen (secondary N) is 1. The largest absolute Gasteiger partial charge is 0.416 e. The molecule has 0 aliphatic heterocycles. The van der Waals surface area contributed by atoms with E-state index >= 15 is 0 Å².